The summed E-state index contributed by atoms with van der Waals surface area (Å²) in [4.78, 5) is 0. The molecule has 0 radical (unpaired) electrons. The Kier molecular flexibility index (Phi) is 3.87. The molecule has 0 amide bonds. The summed E-state index contributed by atoms with van der Waals surface area (Å²) in [6.07, 6.45) is 0. The Morgan fingerprint density at radius 2 is 2.00 bits per heavy atom. The lowest BCUT2D eigenvalue weighted by Gasteiger charge is -2.30. The van der Waals surface area contributed by atoms with Crippen LogP contribution in [0.4, 0.5) is 4.39 Å². The fourth-order valence-electron chi connectivity index (χ4n) is 1.54. The number of benzene rings is 1. The van der Waals surface area contributed by atoms with E-state index >= 15 is 0 Å². The van der Waals surface area contributed by atoms with Crippen LogP contribution in [-0.4, -0.2) is 0 Å². The van der Waals surface area contributed by atoms with Gasteiger partial charge in [0, 0.05) is 0 Å². The van der Waals surface area contributed by atoms with Gasteiger partial charge in [0.25, 0.3) is 0 Å². The van der Waals surface area contributed by atoms with E-state index in [0.29, 0.717) is 4.47 Å². The quantitative estimate of drug-likeness (QED) is 0.642. The van der Waals surface area contributed by atoms with Crippen LogP contribution in [0.25, 0.3) is 0 Å². The van der Waals surface area contributed by atoms with Crippen molar-refractivity contribution in [2.24, 2.45) is 11.3 Å². The number of hydrogen-bond donors (Lipinski definition) is 2. The van der Waals surface area contributed by atoms with Crippen LogP contribution in [-0.2, 0) is 0 Å². The first-order chi connectivity index (χ1) is 6.86. The van der Waals surface area contributed by atoms with Crippen molar-refractivity contribution in [3.63, 3.8) is 0 Å². The predicted molar refractivity (Wildman–Crippen MR) is 63.6 cm³/mol. The van der Waals surface area contributed by atoms with E-state index in [0.717, 1.165) is 5.56 Å². The third-order valence-corrected chi connectivity index (χ3v) is 2.92. The van der Waals surface area contributed by atoms with E-state index in [4.69, 9.17) is 5.84 Å². The van der Waals surface area contributed by atoms with Crippen molar-refractivity contribution in [1.82, 2.24) is 5.43 Å². The molecule has 0 aliphatic heterocycles. The molecular weight excluding hydrogens is 259 g/mol. The topological polar surface area (TPSA) is 38.0 Å². The maximum Gasteiger partial charge on any atom is 0.137 e. The predicted octanol–water partition coefficient (Wildman–Crippen LogP) is 3.14. The molecular formula is C11H16BrFN2. The van der Waals surface area contributed by atoms with Crippen LogP contribution in [0.3, 0.4) is 0 Å². The van der Waals surface area contributed by atoms with Gasteiger partial charge in [0.1, 0.15) is 5.82 Å². The molecule has 0 aliphatic rings. The fraction of sp³-hybridized carbons (Fsp3) is 0.455. The first-order valence-electron chi connectivity index (χ1n) is 4.77. The number of rotatable bonds is 2. The molecule has 2 nitrogen and oxygen atoms in total. The van der Waals surface area contributed by atoms with E-state index in [2.05, 4.69) is 42.1 Å². The molecule has 0 heterocycles. The average Bonchev–Trinajstić information content (AvgIpc) is 2.10. The first-order valence-corrected chi connectivity index (χ1v) is 5.56. The van der Waals surface area contributed by atoms with Gasteiger partial charge in [-0.05, 0) is 39.0 Å². The minimum Gasteiger partial charge on any atom is -0.271 e. The smallest absolute Gasteiger partial charge is 0.137 e. The summed E-state index contributed by atoms with van der Waals surface area (Å²) >= 11 is 3.17. The van der Waals surface area contributed by atoms with Crippen LogP contribution >= 0.6 is 15.9 Å². The second-order valence-corrected chi connectivity index (χ2v) is 5.49. The molecule has 1 aromatic rings. The molecule has 84 valence electrons. The summed E-state index contributed by atoms with van der Waals surface area (Å²) in [5.74, 6) is 5.26. The Morgan fingerprint density at radius 1 is 1.40 bits per heavy atom. The number of halogens is 2. The van der Waals surface area contributed by atoms with Crippen LogP contribution in [0.15, 0.2) is 22.7 Å². The average molecular weight is 275 g/mol. The molecule has 0 fully saturated rings. The Hall–Kier alpha value is -0.450. The third-order valence-electron chi connectivity index (χ3n) is 2.31. The van der Waals surface area contributed by atoms with Crippen molar-refractivity contribution in [3.05, 3.63) is 34.1 Å². The standard InChI is InChI=1S/C11H16BrFN2/c1-11(2,3)10(15-14)7-4-5-9(13)8(12)6-7/h4-6,10,15H,14H2,1-3H3. The molecule has 0 bridgehead atoms. The highest BCUT2D eigenvalue weighted by molar-refractivity contribution is 9.10. The minimum atomic E-state index is -0.261. The van der Waals surface area contributed by atoms with Gasteiger partial charge in [-0.3, -0.25) is 11.3 Å². The normalized spacial score (nSPS) is 14.0. The van der Waals surface area contributed by atoms with Gasteiger partial charge in [0.2, 0.25) is 0 Å². The maximum atomic E-state index is 13.1. The number of nitrogens with two attached hydrogens (primary N) is 1. The Bertz CT molecular complexity index is 347. The Morgan fingerprint density at radius 3 is 2.40 bits per heavy atom. The number of hydrogen-bond acceptors (Lipinski definition) is 2. The van der Waals surface area contributed by atoms with Gasteiger partial charge >= 0.3 is 0 Å². The van der Waals surface area contributed by atoms with E-state index in [1.807, 2.05) is 0 Å². The third kappa shape index (κ3) is 3.00. The van der Waals surface area contributed by atoms with Gasteiger partial charge < -0.3 is 0 Å². The van der Waals surface area contributed by atoms with Crippen molar-refractivity contribution < 1.29 is 4.39 Å². The van der Waals surface area contributed by atoms with Crippen molar-refractivity contribution in [3.8, 4) is 0 Å². The fourth-order valence-corrected chi connectivity index (χ4v) is 1.93. The largest absolute Gasteiger partial charge is 0.271 e. The highest BCUT2D eigenvalue weighted by atomic mass is 79.9. The summed E-state index contributed by atoms with van der Waals surface area (Å²) < 4.78 is 13.5. The van der Waals surface area contributed by atoms with Crippen molar-refractivity contribution in [2.75, 3.05) is 0 Å². The first kappa shape index (κ1) is 12.6. The molecule has 0 spiro atoms. The lowest BCUT2D eigenvalue weighted by Crippen LogP contribution is -2.36. The monoisotopic (exact) mass is 274 g/mol. The summed E-state index contributed by atoms with van der Waals surface area (Å²) in [5.41, 5.74) is 3.71. The van der Waals surface area contributed by atoms with E-state index in [-0.39, 0.29) is 17.3 Å². The molecule has 1 aromatic carbocycles. The van der Waals surface area contributed by atoms with Gasteiger partial charge in [-0.1, -0.05) is 26.8 Å². The minimum absolute atomic E-state index is 0.00519. The molecule has 1 atom stereocenters. The van der Waals surface area contributed by atoms with Gasteiger partial charge in [-0.25, -0.2) is 4.39 Å². The molecule has 0 saturated heterocycles. The van der Waals surface area contributed by atoms with Gasteiger partial charge in [0.15, 0.2) is 0 Å². The number of nitrogens with one attached hydrogen (secondary N) is 1. The van der Waals surface area contributed by atoms with Crippen LogP contribution < -0.4 is 11.3 Å². The second kappa shape index (κ2) is 4.60. The molecule has 3 N–H and O–H groups in total. The number of hydrazine groups is 1. The summed E-state index contributed by atoms with van der Waals surface area (Å²) in [5, 5.41) is 0. The van der Waals surface area contributed by atoms with E-state index in [1.165, 1.54) is 6.07 Å². The highest BCUT2D eigenvalue weighted by Crippen LogP contribution is 2.33. The molecule has 1 unspecified atom stereocenters. The van der Waals surface area contributed by atoms with Crippen LogP contribution in [0.2, 0.25) is 0 Å². The maximum absolute atomic E-state index is 13.1. The second-order valence-electron chi connectivity index (χ2n) is 4.64. The SMILES string of the molecule is CC(C)(C)C(NN)c1ccc(F)c(Br)c1. The van der Waals surface area contributed by atoms with E-state index in [9.17, 15) is 4.39 Å². The summed E-state index contributed by atoms with van der Waals surface area (Å²) in [6, 6.07) is 4.94. The highest BCUT2D eigenvalue weighted by Gasteiger charge is 2.25. The van der Waals surface area contributed by atoms with Gasteiger partial charge in [0.05, 0.1) is 10.5 Å². The molecule has 4 heteroatoms. The van der Waals surface area contributed by atoms with Gasteiger partial charge in [-0.15, -0.1) is 0 Å². The lowest BCUT2D eigenvalue weighted by atomic mass is 9.83. The van der Waals surface area contributed by atoms with E-state index < -0.39 is 0 Å². The van der Waals surface area contributed by atoms with Crippen LogP contribution in [0.5, 0.6) is 0 Å². The van der Waals surface area contributed by atoms with E-state index in [1.54, 1.807) is 12.1 Å². The zero-order valence-electron chi connectivity index (χ0n) is 9.14. The van der Waals surface area contributed by atoms with Crippen LogP contribution in [0, 0.1) is 11.2 Å². The summed E-state index contributed by atoms with van der Waals surface area (Å²) in [7, 11) is 0. The molecule has 0 aromatic heterocycles. The zero-order chi connectivity index (χ0) is 11.6. The summed E-state index contributed by atoms with van der Waals surface area (Å²) in [6.45, 7) is 6.23. The molecule has 0 saturated carbocycles. The van der Waals surface area contributed by atoms with Crippen molar-refractivity contribution in [1.29, 1.82) is 0 Å². The molecule has 0 aliphatic carbocycles. The van der Waals surface area contributed by atoms with Crippen LogP contribution in [0.1, 0.15) is 32.4 Å². The van der Waals surface area contributed by atoms with Gasteiger partial charge in [-0.2, -0.15) is 0 Å². The molecule has 1 rings (SSSR count). The van der Waals surface area contributed by atoms with Crippen molar-refractivity contribution in [2.45, 2.75) is 26.8 Å². The molecule has 15 heavy (non-hydrogen) atoms. The lowest BCUT2D eigenvalue weighted by molar-refractivity contribution is 0.275. The van der Waals surface area contributed by atoms with Crippen molar-refractivity contribution >= 4 is 15.9 Å². The Balaban J connectivity index is 3.08. The zero-order valence-corrected chi connectivity index (χ0v) is 10.7. The Labute approximate surface area is 98.1 Å².